The zero-order chi connectivity index (χ0) is 16.9. The number of nitrogens with zero attached hydrogens (tertiary/aromatic N) is 1. The lowest BCUT2D eigenvalue weighted by molar-refractivity contribution is 0.337. The number of hydrogen-bond donors (Lipinski definition) is 0. The summed E-state index contributed by atoms with van der Waals surface area (Å²) in [7, 11) is 0. The molecular weight excluding hydrogens is 302 g/mol. The molecule has 1 nitrogen and oxygen atoms in total. The average molecular weight is 336 g/mol. The summed E-state index contributed by atoms with van der Waals surface area (Å²) >= 11 is 6.43. The van der Waals surface area contributed by atoms with E-state index in [0.717, 1.165) is 24.7 Å². The Balaban J connectivity index is 2.65. The highest BCUT2D eigenvalue weighted by atomic mass is 35.5. The number of likely N-dealkylation sites (N-methyl/N-ethyl adjacent to an activating group) is 1. The standard InChI is InChI=1S/C21H34ClN/c1-4-7-8-9-10-14-19(15-13-18-23(5-2)6-3)20-16-11-12-17-21(20)22/h11-13,15-17,19H,4-10,14,18H2,1-3H3. The highest BCUT2D eigenvalue weighted by Gasteiger charge is 2.11. The van der Waals surface area contributed by atoms with Gasteiger partial charge >= 0.3 is 0 Å². The van der Waals surface area contributed by atoms with Crippen LogP contribution in [-0.2, 0) is 0 Å². The van der Waals surface area contributed by atoms with Gasteiger partial charge in [-0.3, -0.25) is 0 Å². The van der Waals surface area contributed by atoms with Crippen LogP contribution in [0.4, 0.5) is 0 Å². The van der Waals surface area contributed by atoms with Crippen molar-refractivity contribution in [3.63, 3.8) is 0 Å². The third-order valence-corrected chi connectivity index (χ3v) is 4.89. The van der Waals surface area contributed by atoms with Gasteiger partial charge in [0.15, 0.2) is 0 Å². The lowest BCUT2D eigenvalue weighted by atomic mass is 9.92. The van der Waals surface area contributed by atoms with Crippen molar-refractivity contribution in [2.45, 2.75) is 65.2 Å². The van der Waals surface area contributed by atoms with Crippen LogP contribution in [0, 0.1) is 0 Å². The molecule has 0 spiro atoms. The molecule has 2 heteroatoms. The molecule has 1 unspecified atom stereocenters. The molecule has 23 heavy (non-hydrogen) atoms. The van der Waals surface area contributed by atoms with Gasteiger partial charge in [0.1, 0.15) is 0 Å². The molecule has 0 heterocycles. The Bertz CT molecular complexity index is 437. The zero-order valence-electron chi connectivity index (χ0n) is 15.2. The van der Waals surface area contributed by atoms with Crippen molar-refractivity contribution in [1.29, 1.82) is 0 Å². The molecule has 1 rings (SSSR count). The summed E-state index contributed by atoms with van der Waals surface area (Å²) in [6.45, 7) is 9.95. The third kappa shape index (κ3) is 8.04. The number of halogens is 1. The fraction of sp³-hybridized carbons (Fsp3) is 0.619. The maximum Gasteiger partial charge on any atom is 0.0443 e. The SMILES string of the molecule is CCCCCCCC(C=CCN(CC)CC)c1ccccc1Cl. The van der Waals surface area contributed by atoms with Gasteiger partial charge in [0.05, 0.1) is 0 Å². The first-order valence-corrected chi connectivity index (χ1v) is 9.74. The van der Waals surface area contributed by atoms with Gasteiger partial charge in [-0.25, -0.2) is 0 Å². The Labute approximate surface area is 148 Å². The Morgan fingerprint density at radius 2 is 1.70 bits per heavy atom. The molecule has 0 amide bonds. The van der Waals surface area contributed by atoms with Crippen LogP contribution >= 0.6 is 11.6 Å². The summed E-state index contributed by atoms with van der Waals surface area (Å²) < 4.78 is 0. The minimum absolute atomic E-state index is 0.445. The van der Waals surface area contributed by atoms with Crippen molar-refractivity contribution in [3.05, 3.63) is 47.0 Å². The average Bonchev–Trinajstić information content (AvgIpc) is 2.57. The monoisotopic (exact) mass is 335 g/mol. The van der Waals surface area contributed by atoms with Crippen molar-refractivity contribution >= 4 is 11.6 Å². The second-order valence-electron chi connectivity index (χ2n) is 6.24. The molecule has 0 saturated carbocycles. The van der Waals surface area contributed by atoms with Crippen LogP contribution in [0.2, 0.25) is 5.02 Å². The van der Waals surface area contributed by atoms with Crippen LogP contribution < -0.4 is 0 Å². The third-order valence-electron chi connectivity index (χ3n) is 4.55. The van der Waals surface area contributed by atoms with E-state index in [1.807, 2.05) is 12.1 Å². The second-order valence-corrected chi connectivity index (χ2v) is 6.65. The van der Waals surface area contributed by atoms with Crippen molar-refractivity contribution in [2.75, 3.05) is 19.6 Å². The summed E-state index contributed by atoms with van der Waals surface area (Å²) in [6.07, 6.45) is 12.5. The molecule has 0 bridgehead atoms. The number of unbranched alkanes of at least 4 members (excludes halogenated alkanes) is 4. The van der Waals surface area contributed by atoms with E-state index in [0.29, 0.717) is 5.92 Å². The minimum atomic E-state index is 0.445. The van der Waals surface area contributed by atoms with Crippen LogP contribution in [0.1, 0.15) is 70.8 Å². The minimum Gasteiger partial charge on any atom is -0.300 e. The largest absolute Gasteiger partial charge is 0.300 e. The number of rotatable bonds is 12. The Morgan fingerprint density at radius 3 is 2.35 bits per heavy atom. The molecule has 0 aliphatic rings. The zero-order valence-corrected chi connectivity index (χ0v) is 16.0. The molecule has 0 saturated heterocycles. The Hall–Kier alpha value is -0.790. The van der Waals surface area contributed by atoms with Crippen molar-refractivity contribution in [3.8, 4) is 0 Å². The van der Waals surface area contributed by atoms with Crippen molar-refractivity contribution < 1.29 is 0 Å². The highest BCUT2D eigenvalue weighted by Crippen LogP contribution is 2.30. The number of allylic oxidation sites excluding steroid dienone is 1. The van der Waals surface area contributed by atoms with E-state index in [4.69, 9.17) is 11.6 Å². The fourth-order valence-electron chi connectivity index (χ4n) is 2.96. The van der Waals surface area contributed by atoms with E-state index >= 15 is 0 Å². The fourth-order valence-corrected chi connectivity index (χ4v) is 3.23. The van der Waals surface area contributed by atoms with Gasteiger partial charge in [-0.2, -0.15) is 0 Å². The molecule has 0 N–H and O–H groups in total. The topological polar surface area (TPSA) is 3.24 Å². The Kier molecular flexibility index (Phi) is 11.1. The van der Waals surface area contributed by atoms with Gasteiger partial charge in [-0.05, 0) is 31.1 Å². The summed E-state index contributed by atoms with van der Waals surface area (Å²) in [5, 5.41) is 0.901. The van der Waals surface area contributed by atoms with Crippen LogP contribution in [-0.4, -0.2) is 24.5 Å². The van der Waals surface area contributed by atoms with Crippen LogP contribution in [0.15, 0.2) is 36.4 Å². The van der Waals surface area contributed by atoms with Gasteiger partial charge in [-0.15, -0.1) is 0 Å². The predicted molar refractivity (Wildman–Crippen MR) is 104 cm³/mol. The van der Waals surface area contributed by atoms with Gasteiger partial charge in [0.2, 0.25) is 0 Å². The maximum absolute atomic E-state index is 6.43. The number of benzene rings is 1. The van der Waals surface area contributed by atoms with Gasteiger partial charge in [0, 0.05) is 17.5 Å². The summed E-state index contributed by atoms with van der Waals surface area (Å²) in [5.74, 6) is 0.445. The first-order chi connectivity index (χ1) is 11.2. The van der Waals surface area contributed by atoms with Gasteiger partial charge < -0.3 is 4.90 Å². The van der Waals surface area contributed by atoms with Gasteiger partial charge in [0.25, 0.3) is 0 Å². The normalized spacial score (nSPS) is 13.1. The molecular formula is C21H34ClN. The van der Waals surface area contributed by atoms with Crippen LogP contribution in [0.3, 0.4) is 0 Å². The number of hydrogen-bond acceptors (Lipinski definition) is 1. The lowest BCUT2D eigenvalue weighted by Crippen LogP contribution is -2.22. The molecule has 1 atom stereocenters. The van der Waals surface area contributed by atoms with Crippen molar-refractivity contribution in [1.82, 2.24) is 4.90 Å². The molecule has 1 aromatic carbocycles. The molecule has 0 aromatic heterocycles. The summed E-state index contributed by atoms with van der Waals surface area (Å²) in [5.41, 5.74) is 1.28. The van der Waals surface area contributed by atoms with E-state index in [2.05, 4.69) is 50.0 Å². The van der Waals surface area contributed by atoms with E-state index in [1.54, 1.807) is 0 Å². The first-order valence-electron chi connectivity index (χ1n) is 9.36. The maximum atomic E-state index is 6.43. The lowest BCUT2D eigenvalue weighted by Gasteiger charge is -2.18. The van der Waals surface area contributed by atoms with Crippen LogP contribution in [0.5, 0.6) is 0 Å². The molecule has 0 aliphatic carbocycles. The predicted octanol–water partition coefficient (Wildman–Crippen LogP) is 6.68. The molecule has 0 aliphatic heterocycles. The quantitative estimate of drug-likeness (QED) is 0.304. The van der Waals surface area contributed by atoms with E-state index in [1.165, 1.54) is 44.1 Å². The van der Waals surface area contributed by atoms with Crippen LogP contribution in [0.25, 0.3) is 0 Å². The molecule has 1 aromatic rings. The van der Waals surface area contributed by atoms with E-state index in [9.17, 15) is 0 Å². The van der Waals surface area contributed by atoms with E-state index in [-0.39, 0.29) is 0 Å². The van der Waals surface area contributed by atoms with Crippen molar-refractivity contribution in [2.24, 2.45) is 0 Å². The summed E-state index contributed by atoms with van der Waals surface area (Å²) in [4.78, 5) is 2.43. The summed E-state index contributed by atoms with van der Waals surface area (Å²) in [6, 6.07) is 8.31. The molecule has 130 valence electrons. The molecule has 0 radical (unpaired) electrons. The second kappa shape index (κ2) is 12.6. The molecule has 0 fully saturated rings. The Morgan fingerprint density at radius 1 is 1.00 bits per heavy atom. The van der Waals surface area contributed by atoms with Gasteiger partial charge in [-0.1, -0.05) is 94.8 Å². The van der Waals surface area contributed by atoms with E-state index < -0.39 is 0 Å². The smallest absolute Gasteiger partial charge is 0.0443 e. The first kappa shape index (κ1) is 20.3. The highest BCUT2D eigenvalue weighted by molar-refractivity contribution is 6.31.